The van der Waals surface area contributed by atoms with Gasteiger partial charge in [-0.05, 0) is 57.4 Å². The number of hydrogen-bond donors (Lipinski definition) is 3. The Hall–Kier alpha value is -4.86. The summed E-state index contributed by atoms with van der Waals surface area (Å²) in [6.45, 7) is 0.107. The Morgan fingerprint density at radius 3 is 2.61 bits per heavy atom. The number of alkyl carbamates (subject to hydrolysis) is 1. The molecule has 3 aliphatic heterocycles. The van der Waals surface area contributed by atoms with Crippen LogP contribution in [0.5, 0.6) is 17.4 Å². The number of nitrogens with zero attached hydrogens (tertiary/aromatic N) is 2. The third-order valence-electron chi connectivity index (χ3n) is 10.8. The van der Waals surface area contributed by atoms with Crippen LogP contribution in [0.15, 0.2) is 36.4 Å². The first-order chi connectivity index (χ1) is 26.0. The number of cyclic esters (lactones) is 1. The molecule has 0 radical (unpaired) electrons. The van der Waals surface area contributed by atoms with Gasteiger partial charge >= 0.3 is 6.09 Å². The van der Waals surface area contributed by atoms with Crippen molar-refractivity contribution in [3.63, 3.8) is 0 Å². The minimum absolute atomic E-state index is 0.0161. The maximum atomic E-state index is 14.5. The van der Waals surface area contributed by atoms with Gasteiger partial charge in [-0.15, -0.1) is 0 Å². The van der Waals surface area contributed by atoms with Gasteiger partial charge in [0.25, 0.3) is 5.91 Å². The molecule has 5 bridgehead atoms. The molecule has 5 aliphatic rings. The van der Waals surface area contributed by atoms with Crippen LogP contribution in [0.4, 0.5) is 4.79 Å². The number of fused-ring (bicyclic) bond motifs is 4. The average molecular weight is 766 g/mol. The molecule has 0 spiro atoms. The summed E-state index contributed by atoms with van der Waals surface area (Å²) in [6.07, 6.45) is 11.8. The van der Waals surface area contributed by atoms with Gasteiger partial charge in [0.05, 0.1) is 38.1 Å². The number of ether oxygens (including phenoxy) is 4. The topological polar surface area (TPSA) is 192 Å². The molecule has 7 rings (SSSR count). The maximum Gasteiger partial charge on any atom is 0.407 e. The van der Waals surface area contributed by atoms with Gasteiger partial charge < -0.3 is 34.5 Å². The quantitative estimate of drug-likeness (QED) is 0.378. The van der Waals surface area contributed by atoms with E-state index in [0.29, 0.717) is 67.3 Å². The molecule has 0 unspecified atom stereocenters. The second-order valence-electron chi connectivity index (χ2n) is 14.6. The minimum Gasteiger partial charge on any atom is -0.496 e. The number of aromatic nitrogens is 1. The predicted molar refractivity (Wildman–Crippen MR) is 197 cm³/mol. The Morgan fingerprint density at radius 2 is 1.83 bits per heavy atom. The van der Waals surface area contributed by atoms with Crippen molar-refractivity contribution >= 4 is 50.8 Å². The molecule has 3 fully saturated rings. The largest absolute Gasteiger partial charge is 0.496 e. The summed E-state index contributed by atoms with van der Waals surface area (Å²) in [6, 6.07) is 3.22. The number of carbonyl (C=O) groups excluding carboxylic acids is 4. The molecule has 4 amide bonds. The number of pyridine rings is 1. The molecule has 16 heteroatoms. The van der Waals surface area contributed by atoms with E-state index >= 15 is 0 Å². The standard InChI is InChI=1S/C38H47N5O10S/c1-50-31-19-29-27-17-23(31)11-7-6-10-16-52-37(47)40-28-13-9-5-3-4-8-12-24-21-38(24,36(46)42-54(48,49)26-14-15-26)41-34(44)30-18-25(22-43(30)35(28)45)53-32(27)20-33(39-29)51-2/h7-8,11-12,17,19-20,24-26,28,30H,3-6,9-10,13-16,18,21-22H2,1-2H3,(H,40,47)(H,41,44)(H,42,46)/b11-7+,12-8-/t24-,25-,28+,30+,38-/m1/s1. The van der Waals surface area contributed by atoms with Gasteiger partial charge in [0.15, 0.2) is 0 Å². The summed E-state index contributed by atoms with van der Waals surface area (Å²) in [4.78, 5) is 61.6. The van der Waals surface area contributed by atoms with E-state index in [1.165, 1.54) is 12.0 Å². The highest BCUT2D eigenvalue weighted by Crippen LogP contribution is 2.46. The number of nitrogens with one attached hydrogen (secondary N) is 3. The number of methoxy groups -OCH3 is 2. The predicted octanol–water partition coefficient (Wildman–Crippen LogP) is 3.51. The lowest BCUT2D eigenvalue weighted by atomic mass is 10.0. The van der Waals surface area contributed by atoms with Gasteiger partial charge in [0, 0.05) is 35.4 Å². The highest BCUT2D eigenvalue weighted by molar-refractivity contribution is 7.91. The number of carbonyl (C=O) groups is 4. The summed E-state index contributed by atoms with van der Waals surface area (Å²) < 4.78 is 51.2. The van der Waals surface area contributed by atoms with E-state index in [1.54, 1.807) is 19.2 Å². The fraction of sp³-hybridized carbons (Fsp3) is 0.553. The van der Waals surface area contributed by atoms with Crippen LogP contribution in [-0.4, -0.2) is 98.5 Å². The van der Waals surface area contributed by atoms with E-state index in [-0.39, 0.29) is 31.9 Å². The van der Waals surface area contributed by atoms with Gasteiger partial charge in [-0.25, -0.2) is 18.2 Å². The fourth-order valence-electron chi connectivity index (χ4n) is 7.51. The highest BCUT2D eigenvalue weighted by Gasteiger charge is 2.62. The first kappa shape index (κ1) is 37.5. The van der Waals surface area contributed by atoms with Gasteiger partial charge in [-0.1, -0.05) is 37.1 Å². The van der Waals surface area contributed by atoms with Crippen LogP contribution in [0.3, 0.4) is 0 Å². The summed E-state index contributed by atoms with van der Waals surface area (Å²) in [7, 11) is -0.837. The van der Waals surface area contributed by atoms with Crippen LogP contribution in [0, 0.1) is 5.92 Å². The summed E-state index contributed by atoms with van der Waals surface area (Å²) in [5, 5.41) is 5.67. The molecular formula is C38H47N5O10S. The molecule has 15 nitrogen and oxygen atoms in total. The first-order valence-electron chi connectivity index (χ1n) is 18.7. The van der Waals surface area contributed by atoms with Crippen molar-refractivity contribution in [2.24, 2.45) is 5.92 Å². The van der Waals surface area contributed by atoms with Crippen molar-refractivity contribution in [2.75, 3.05) is 27.4 Å². The van der Waals surface area contributed by atoms with Gasteiger partial charge in [-0.2, -0.15) is 0 Å². The average Bonchev–Trinajstić information content (AvgIpc) is 4.08. The van der Waals surface area contributed by atoms with E-state index in [2.05, 4.69) is 20.3 Å². The number of benzene rings is 1. The molecule has 54 heavy (non-hydrogen) atoms. The molecule has 290 valence electrons. The Morgan fingerprint density at radius 1 is 1.02 bits per heavy atom. The zero-order valence-electron chi connectivity index (χ0n) is 30.5. The number of amides is 4. The molecule has 5 atom stereocenters. The van der Waals surface area contributed by atoms with Crippen LogP contribution in [0.25, 0.3) is 17.0 Å². The first-order valence-corrected chi connectivity index (χ1v) is 20.2. The maximum absolute atomic E-state index is 14.5. The van der Waals surface area contributed by atoms with Crippen LogP contribution < -0.4 is 29.6 Å². The zero-order valence-corrected chi connectivity index (χ0v) is 31.3. The van der Waals surface area contributed by atoms with Crippen molar-refractivity contribution < 1.29 is 46.5 Å². The van der Waals surface area contributed by atoms with Gasteiger partial charge in [0.1, 0.15) is 35.2 Å². The summed E-state index contributed by atoms with van der Waals surface area (Å²) in [5.41, 5.74) is -0.194. The van der Waals surface area contributed by atoms with Crippen LogP contribution in [-0.2, 0) is 29.1 Å². The normalized spacial score (nSPS) is 29.1. The molecule has 2 aliphatic carbocycles. The van der Waals surface area contributed by atoms with E-state index in [4.69, 9.17) is 18.9 Å². The molecule has 1 aromatic heterocycles. The molecule has 2 saturated carbocycles. The Bertz CT molecular complexity index is 1980. The van der Waals surface area contributed by atoms with E-state index < -0.39 is 68.7 Å². The number of sulfonamides is 1. The van der Waals surface area contributed by atoms with Crippen LogP contribution in [0.2, 0.25) is 0 Å². The van der Waals surface area contributed by atoms with E-state index in [9.17, 15) is 27.6 Å². The monoisotopic (exact) mass is 765 g/mol. The Balaban J connectivity index is 1.26. The minimum atomic E-state index is -3.89. The molecular weight excluding hydrogens is 719 g/mol. The Labute approximate surface area is 314 Å². The van der Waals surface area contributed by atoms with Crippen molar-refractivity contribution in [1.82, 2.24) is 25.2 Å². The second kappa shape index (κ2) is 15.5. The smallest absolute Gasteiger partial charge is 0.407 e. The molecule has 1 aromatic carbocycles. The van der Waals surface area contributed by atoms with Crippen LogP contribution >= 0.6 is 0 Å². The lowest BCUT2D eigenvalue weighted by Crippen LogP contribution is -2.58. The molecule has 4 heterocycles. The fourth-order valence-corrected chi connectivity index (χ4v) is 8.88. The lowest BCUT2D eigenvalue weighted by Gasteiger charge is -2.29. The highest BCUT2D eigenvalue weighted by atomic mass is 32.2. The summed E-state index contributed by atoms with van der Waals surface area (Å²) in [5.74, 6) is -1.05. The van der Waals surface area contributed by atoms with Gasteiger partial charge in [-0.3, -0.25) is 19.1 Å². The van der Waals surface area contributed by atoms with Crippen molar-refractivity contribution in [3.8, 4) is 17.4 Å². The molecule has 1 saturated heterocycles. The van der Waals surface area contributed by atoms with Crippen molar-refractivity contribution in [2.45, 2.75) is 99.6 Å². The van der Waals surface area contributed by atoms with Crippen LogP contribution in [0.1, 0.15) is 76.2 Å². The van der Waals surface area contributed by atoms with Gasteiger partial charge in [0.2, 0.25) is 27.7 Å². The second-order valence-corrected chi connectivity index (χ2v) is 16.6. The SMILES string of the molecule is COc1cc2c3cc(c(OC)cc3n1)/C=C/CCCOC(=O)N[C@H]1CCCCC/C=C\[C@@H]3C[C@@]3(C(=O)NS(=O)(=O)C3CC3)NC(=O)[C@@H]3C[C@H](CN3C1=O)O2. The third kappa shape index (κ3) is 7.98. The van der Waals surface area contributed by atoms with Crippen molar-refractivity contribution in [1.29, 1.82) is 0 Å². The molecule has 3 N–H and O–H groups in total. The number of allylic oxidation sites excluding steroid dienone is 2. The van der Waals surface area contributed by atoms with E-state index in [0.717, 1.165) is 18.4 Å². The van der Waals surface area contributed by atoms with E-state index in [1.807, 2.05) is 30.4 Å². The van der Waals surface area contributed by atoms with Crippen molar-refractivity contribution in [3.05, 3.63) is 42.0 Å². The zero-order chi connectivity index (χ0) is 38.0. The number of hydrogen-bond acceptors (Lipinski definition) is 11. The third-order valence-corrected chi connectivity index (χ3v) is 12.6. The Kier molecular flexibility index (Phi) is 10.7. The lowest BCUT2D eigenvalue weighted by molar-refractivity contribution is -0.141. The number of rotatable bonds is 5. The molecule has 2 aromatic rings. The summed E-state index contributed by atoms with van der Waals surface area (Å²) >= 11 is 0.